The molecule has 0 aromatic carbocycles. The number of hydrogen-bond acceptors (Lipinski definition) is 7. The van der Waals surface area contributed by atoms with Crippen LogP contribution >= 0.6 is 0 Å². The summed E-state index contributed by atoms with van der Waals surface area (Å²) in [6.45, 7) is 10.5. The van der Waals surface area contributed by atoms with E-state index in [1.165, 1.54) is 0 Å². The fraction of sp³-hybridized carbons (Fsp3) is 0.750. The molecule has 10 atom stereocenters. The number of carbonyl (C=O) groups excluding carboxylic acids is 1. The van der Waals surface area contributed by atoms with Crippen LogP contribution in [0, 0.1) is 45.8 Å². The summed E-state index contributed by atoms with van der Waals surface area (Å²) < 4.78 is 24.5. The summed E-state index contributed by atoms with van der Waals surface area (Å²) in [4.78, 5) is 29.2. The topological polar surface area (TPSA) is 98.4 Å². The molecule has 6 rings (SSSR count). The molecule has 40 heavy (non-hydrogen) atoms. The minimum Gasteiger partial charge on any atom is -0.481 e. The van der Waals surface area contributed by atoms with Gasteiger partial charge in [-0.25, -0.2) is 0 Å². The molecule has 0 radical (unpaired) electrons. The van der Waals surface area contributed by atoms with Crippen molar-refractivity contribution in [3.63, 3.8) is 0 Å². The first-order valence-corrected chi connectivity index (χ1v) is 15.1. The maximum atomic E-state index is 13.7. The number of furan rings is 1. The number of carbonyl (C=O) groups is 2. The molecule has 3 saturated carbocycles. The SMILES string of the molecule is CO[C@H]1CN(Cc2ccco2)C[C@H](OCC23C[C@@H]4[C@H](C)CC[C@H]4[C@@]4(C=O)CC2C=C(C(C)C)[C@@]34C(=O)O)O[C@@H]1C. The van der Waals surface area contributed by atoms with E-state index in [0.29, 0.717) is 37.9 Å². The van der Waals surface area contributed by atoms with Crippen LogP contribution in [0.5, 0.6) is 0 Å². The van der Waals surface area contributed by atoms with E-state index in [1.807, 2.05) is 19.1 Å². The molecule has 0 spiro atoms. The molecule has 1 aliphatic heterocycles. The number of aliphatic carboxylic acids is 1. The lowest BCUT2D eigenvalue weighted by Gasteiger charge is -2.58. The Hall–Kier alpha value is -2.00. The molecule has 1 saturated heterocycles. The van der Waals surface area contributed by atoms with Crippen LogP contribution in [0.3, 0.4) is 0 Å². The van der Waals surface area contributed by atoms with Gasteiger partial charge in [-0.2, -0.15) is 0 Å². The Morgan fingerprint density at radius 1 is 1.25 bits per heavy atom. The number of allylic oxidation sites excluding steroid dienone is 1. The number of fused-ring (bicyclic) bond motifs is 2. The fourth-order valence-electron chi connectivity index (χ4n) is 10.0. The lowest BCUT2D eigenvalue weighted by Crippen LogP contribution is -2.63. The van der Waals surface area contributed by atoms with Crippen molar-refractivity contribution in [3.8, 4) is 0 Å². The zero-order valence-electron chi connectivity index (χ0n) is 24.5. The fourth-order valence-corrected chi connectivity index (χ4v) is 10.0. The van der Waals surface area contributed by atoms with Gasteiger partial charge in [-0.05, 0) is 67.9 Å². The first-order chi connectivity index (χ1) is 19.1. The number of ether oxygens (including phenoxy) is 3. The minimum atomic E-state index is -1.24. The third-order valence-corrected chi connectivity index (χ3v) is 11.6. The summed E-state index contributed by atoms with van der Waals surface area (Å²) in [6.07, 6.45) is 7.42. The van der Waals surface area contributed by atoms with Crippen LogP contribution in [-0.4, -0.2) is 67.6 Å². The van der Waals surface area contributed by atoms with Crippen LogP contribution in [0.25, 0.3) is 0 Å². The molecule has 8 heteroatoms. The van der Waals surface area contributed by atoms with E-state index in [2.05, 4.69) is 31.7 Å². The van der Waals surface area contributed by atoms with E-state index < -0.39 is 28.5 Å². The number of rotatable bonds is 9. The molecule has 220 valence electrons. The van der Waals surface area contributed by atoms with Crippen molar-refractivity contribution < 1.29 is 33.3 Å². The second kappa shape index (κ2) is 10.1. The highest BCUT2D eigenvalue weighted by atomic mass is 16.7. The monoisotopic (exact) mass is 555 g/mol. The Labute approximate surface area is 237 Å². The number of methoxy groups -OCH3 is 1. The summed E-state index contributed by atoms with van der Waals surface area (Å²) in [5, 5.41) is 11.2. The van der Waals surface area contributed by atoms with Crippen molar-refractivity contribution in [1.29, 1.82) is 0 Å². The molecule has 0 amide bonds. The smallest absolute Gasteiger partial charge is 0.315 e. The average molecular weight is 556 g/mol. The van der Waals surface area contributed by atoms with Gasteiger partial charge in [0, 0.05) is 19.1 Å². The first-order valence-electron chi connectivity index (χ1n) is 15.1. The largest absolute Gasteiger partial charge is 0.481 e. The van der Waals surface area contributed by atoms with Crippen molar-refractivity contribution in [1.82, 2.24) is 4.90 Å². The molecule has 2 heterocycles. The standard InChI is InChI=1S/C32H45NO7/c1-19(2)26-11-22-12-30(17-34)25-9-8-20(3)24(25)13-31(22,32(26,30)29(35)36)18-39-28-16-33(14-23-7-6-10-38-23)15-27(37-5)21(4)40-28/h6-7,10-11,17,19-22,24-25,27-28H,8-9,12-16,18H2,1-5H3,(H,35,36)/t20-,21-,22?,24-,25-,27+,28-,30+,31?,32+/m1/s1. The normalized spacial score (nSPS) is 44.5. The summed E-state index contributed by atoms with van der Waals surface area (Å²) in [5.41, 5.74) is -1.88. The van der Waals surface area contributed by atoms with Crippen LogP contribution in [0.15, 0.2) is 34.5 Å². The molecule has 1 aromatic heterocycles. The molecule has 5 aliphatic rings. The molecular formula is C32H45NO7. The lowest BCUT2D eigenvalue weighted by atomic mass is 9.43. The number of carboxylic acids is 1. The highest BCUT2D eigenvalue weighted by Crippen LogP contribution is 2.82. The van der Waals surface area contributed by atoms with Crippen LogP contribution in [0.1, 0.15) is 59.1 Å². The van der Waals surface area contributed by atoms with E-state index in [4.69, 9.17) is 18.6 Å². The average Bonchev–Trinajstić information content (AvgIpc) is 3.64. The summed E-state index contributed by atoms with van der Waals surface area (Å²) in [5.74, 6) is 0.945. The van der Waals surface area contributed by atoms with Gasteiger partial charge < -0.3 is 28.5 Å². The summed E-state index contributed by atoms with van der Waals surface area (Å²) in [6, 6.07) is 3.84. The van der Waals surface area contributed by atoms with Crippen LogP contribution in [0.4, 0.5) is 0 Å². The zero-order valence-corrected chi connectivity index (χ0v) is 24.5. The highest BCUT2D eigenvalue weighted by molar-refractivity contribution is 5.90. The van der Waals surface area contributed by atoms with E-state index in [-0.39, 0.29) is 36.6 Å². The first kappa shape index (κ1) is 28.1. The molecule has 1 N–H and O–H groups in total. The maximum Gasteiger partial charge on any atom is 0.315 e. The van der Waals surface area contributed by atoms with E-state index in [1.54, 1.807) is 13.4 Å². The summed E-state index contributed by atoms with van der Waals surface area (Å²) >= 11 is 0. The van der Waals surface area contributed by atoms with Gasteiger partial charge >= 0.3 is 5.97 Å². The molecule has 8 nitrogen and oxygen atoms in total. The maximum absolute atomic E-state index is 13.7. The van der Waals surface area contributed by atoms with E-state index in [0.717, 1.165) is 36.9 Å². The second-order valence-corrected chi connectivity index (χ2v) is 13.6. The minimum absolute atomic E-state index is 0.00172. The van der Waals surface area contributed by atoms with Gasteiger partial charge in [-0.1, -0.05) is 38.8 Å². The number of hydrogen-bond donors (Lipinski definition) is 1. The van der Waals surface area contributed by atoms with E-state index in [9.17, 15) is 14.7 Å². The van der Waals surface area contributed by atoms with Gasteiger partial charge in [0.2, 0.25) is 0 Å². The molecular weight excluding hydrogens is 510 g/mol. The highest BCUT2D eigenvalue weighted by Gasteiger charge is 2.84. The van der Waals surface area contributed by atoms with Crippen LogP contribution in [0.2, 0.25) is 0 Å². The molecule has 1 aromatic rings. The van der Waals surface area contributed by atoms with Gasteiger partial charge in [0.1, 0.15) is 17.5 Å². The predicted molar refractivity (Wildman–Crippen MR) is 147 cm³/mol. The molecule has 4 aliphatic carbocycles. The quantitative estimate of drug-likeness (QED) is 0.343. The van der Waals surface area contributed by atoms with E-state index >= 15 is 0 Å². The van der Waals surface area contributed by atoms with Crippen LogP contribution < -0.4 is 0 Å². The molecule has 2 unspecified atom stereocenters. The van der Waals surface area contributed by atoms with Crippen molar-refractivity contribution in [2.45, 2.75) is 78.4 Å². The van der Waals surface area contributed by atoms with Gasteiger partial charge in [-0.15, -0.1) is 0 Å². The Morgan fingerprint density at radius 2 is 2.05 bits per heavy atom. The lowest BCUT2D eigenvalue weighted by molar-refractivity contribution is -0.220. The summed E-state index contributed by atoms with van der Waals surface area (Å²) in [7, 11) is 1.70. The van der Waals surface area contributed by atoms with Gasteiger partial charge in [0.15, 0.2) is 6.29 Å². The van der Waals surface area contributed by atoms with Gasteiger partial charge in [0.05, 0.1) is 43.6 Å². The molecule has 4 bridgehead atoms. The Morgan fingerprint density at radius 3 is 2.70 bits per heavy atom. The van der Waals surface area contributed by atoms with Crippen molar-refractivity contribution in [2.24, 2.45) is 45.8 Å². The van der Waals surface area contributed by atoms with Crippen molar-refractivity contribution in [2.75, 3.05) is 26.8 Å². The third kappa shape index (κ3) is 3.71. The zero-order chi connectivity index (χ0) is 28.4. The third-order valence-electron chi connectivity index (χ3n) is 11.6. The molecule has 4 fully saturated rings. The van der Waals surface area contributed by atoms with Gasteiger partial charge in [-0.3, -0.25) is 9.69 Å². The Bertz CT molecular complexity index is 1150. The van der Waals surface area contributed by atoms with Crippen LogP contribution in [-0.2, 0) is 30.3 Å². The van der Waals surface area contributed by atoms with Crippen molar-refractivity contribution >= 4 is 12.3 Å². The number of carboxylic acid groups (broad SMARTS) is 1. The van der Waals surface area contributed by atoms with Gasteiger partial charge in [0.25, 0.3) is 0 Å². The second-order valence-electron chi connectivity index (χ2n) is 13.6. The number of nitrogens with zero attached hydrogens (tertiary/aromatic N) is 1. The Kier molecular flexibility index (Phi) is 7.08. The Balaban J connectivity index is 1.35. The van der Waals surface area contributed by atoms with Crippen molar-refractivity contribution in [3.05, 3.63) is 35.8 Å². The number of aldehydes is 1. The predicted octanol–water partition coefficient (Wildman–Crippen LogP) is 4.78.